The first-order chi connectivity index (χ1) is 9.52. The molecule has 1 N–H and O–H groups in total. The van der Waals surface area contributed by atoms with Crippen LogP contribution in [0, 0.1) is 11.8 Å². The summed E-state index contributed by atoms with van der Waals surface area (Å²) in [6, 6.07) is 0. The molecule has 1 aromatic rings. The number of hydrogen-bond donors (Lipinski definition) is 1. The molecule has 2 rings (SSSR count). The van der Waals surface area contributed by atoms with E-state index in [2.05, 4.69) is 28.9 Å². The summed E-state index contributed by atoms with van der Waals surface area (Å²) < 4.78 is 5.23. The third-order valence-electron chi connectivity index (χ3n) is 3.63. The Labute approximate surface area is 119 Å². The van der Waals surface area contributed by atoms with Crippen molar-refractivity contribution in [2.75, 3.05) is 13.1 Å². The fraction of sp³-hybridized carbons (Fsp3) is 0.786. The van der Waals surface area contributed by atoms with Crippen LogP contribution >= 0.6 is 0 Å². The van der Waals surface area contributed by atoms with Crippen molar-refractivity contribution >= 4 is 5.97 Å². The van der Waals surface area contributed by atoms with Gasteiger partial charge in [0, 0.05) is 12.8 Å². The maximum Gasteiger partial charge on any atom is 0.303 e. The molecule has 0 atom stereocenters. The fourth-order valence-corrected chi connectivity index (χ4v) is 2.58. The number of piperidine rings is 1. The van der Waals surface area contributed by atoms with Crippen LogP contribution in [0.25, 0.3) is 0 Å². The molecule has 0 radical (unpaired) electrons. The van der Waals surface area contributed by atoms with Gasteiger partial charge in [0.2, 0.25) is 5.89 Å². The number of carbonyl (C=O) groups is 1. The average molecular weight is 281 g/mol. The molecule has 0 bridgehead atoms. The maximum atomic E-state index is 10.7. The van der Waals surface area contributed by atoms with Gasteiger partial charge in [0.05, 0.1) is 6.54 Å². The number of carboxylic acids is 1. The van der Waals surface area contributed by atoms with Crippen molar-refractivity contribution < 1.29 is 14.4 Å². The highest BCUT2D eigenvalue weighted by atomic mass is 16.5. The Morgan fingerprint density at radius 1 is 1.45 bits per heavy atom. The van der Waals surface area contributed by atoms with Gasteiger partial charge in [-0.15, -0.1) is 0 Å². The number of rotatable bonds is 6. The van der Waals surface area contributed by atoms with Crippen molar-refractivity contribution in [2.45, 2.75) is 46.1 Å². The number of hydrogen-bond acceptors (Lipinski definition) is 5. The van der Waals surface area contributed by atoms with Gasteiger partial charge in [-0.3, -0.25) is 9.69 Å². The van der Waals surface area contributed by atoms with Crippen LogP contribution < -0.4 is 0 Å². The molecule has 6 heteroatoms. The summed E-state index contributed by atoms with van der Waals surface area (Å²) in [7, 11) is 0. The minimum Gasteiger partial charge on any atom is -0.481 e. The lowest BCUT2D eigenvalue weighted by Crippen LogP contribution is -2.34. The second-order valence-electron chi connectivity index (χ2n) is 6.02. The van der Waals surface area contributed by atoms with Gasteiger partial charge in [0.15, 0.2) is 5.82 Å². The third-order valence-corrected chi connectivity index (χ3v) is 3.63. The van der Waals surface area contributed by atoms with E-state index < -0.39 is 5.97 Å². The zero-order valence-corrected chi connectivity index (χ0v) is 12.2. The summed E-state index contributed by atoms with van der Waals surface area (Å²) in [5.41, 5.74) is 0. The molecule has 0 aromatic carbocycles. The van der Waals surface area contributed by atoms with Gasteiger partial charge in [0.1, 0.15) is 0 Å². The van der Waals surface area contributed by atoms with E-state index in [1.165, 1.54) is 0 Å². The van der Waals surface area contributed by atoms with Crippen molar-refractivity contribution in [1.29, 1.82) is 0 Å². The van der Waals surface area contributed by atoms with Gasteiger partial charge >= 0.3 is 5.97 Å². The van der Waals surface area contributed by atoms with Crippen LogP contribution in [-0.4, -0.2) is 39.2 Å². The van der Waals surface area contributed by atoms with Crippen molar-refractivity contribution in [3.05, 3.63) is 11.7 Å². The first-order valence-electron chi connectivity index (χ1n) is 7.28. The topological polar surface area (TPSA) is 79.5 Å². The van der Waals surface area contributed by atoms with Crippen LogP contribution in [0.2, 0.25) is 0 Å². The molecule has 0 amide bonds. The Kier molecular flexibility index (Phi) is 5.11. The molecule has 0 aliphatic carbocycles. The van der Waals surface area contributed by atoms with E-state index in [0.717, 1.165) is 38.2 Å². The molecule has 1 aromatic heterocycles. The first kappa shape index (κ1) is 15.0. The molecule has 0 spiro atoms. The predicted octanol–water partition coefficient (Wildman–Crippen LogP) is 1.95. The van der Waals surface area contributed by atoms with Crippen molar-refractivity contribution in [2.24, 2.45) is 11.8 Å². The number of likely N-dealkylation sites (tertiary alicyclic amines) is 1. The largest absolute Gasteiger partial charge is 0.481 e. The number of nitrogens with zero attached hydrogens (tertiary/aromatic N) is 3. The first-order valence-corrected chi connectivity index (χ1v) is 7.28. The molecular weight excluding hydrogens is 258 g/mol. The molecule has 1 fully saturated rings. The van der Waals surface area contributed by atoms with E-state index in [1.807, 2.05) is 0 Å². The minimum atomic E-state index is -0.694. The average Bonchev–Trinajstić information content (AvgIpc) is 2.77. The fourth-order valence-electron chi connectivity index (χ4n) is 2.58. The van der Waals surface area contributed by atoms with Crippen LogP contribution in [0.5, 0.6) is 0 Å². The summed E-state index contributed by atoms with van der Waals surface area (Å²) >= 11 is 0. The zero-order chi connectivity index (χ0) is 14.5. The second kappa shape index (κ2) is 6.83. The Morgan fingerprint density at radius 2 is 2.15 bits per heavy atom. The van der Waals surface area contributed by atoms with Crippen LogP contribution in [0.15, 0.2) is 4.52 Å². The number of aromatic nitrogens is 2. The van der Waals surface area contributed by atoms with Gasteiger partial charge in [-0.2, -0.15) is 4.98 Å². The Bertz CT molecular complexity index is 437. The monoisotopic (exact) mass is 281 g/mol. The van der Waals surface area contributed by atoms with E-state index in [-0.39, 0.29) is 6.42 Å². The quantitative estimate of drug-likeness (QED) is 0.858. The molecule has 1 aliphatic heterocycles. The highest BCUT2D eigenvalue weighted by molar-refractivity contribution is 5.67. The lowest BCUT2D eigenvalue weighted by atomic mass is 9.94. The summed E-state index contributed by atoms with van der Waals surface area (Å²) in [6.07, 6.45) is 2.97. The number of aliphatic carboxylic acids is 1. The van der Waals surface area contributed by atoms with Gasteiger partial charge in [-0.25, -0.2) is 0 Å². The van der Waals surface area contributed by atoms with Gasteiger partial charge in [-0.1, -0.05) is 19.0 Å². The third kappa shape index (κ3) is 4.59. The molecule has 2 heterocycles. The van der Waals surface area contributed by atoms with Crippen molar-refractivity contribution in [3.63, 3.8) is 0 Å². The molecule has 0 saturated carbocycles. The minimum absolute atomic E-state index is 0.286. The molecule has 6 nitrogen and oxygen atoms in total. The summed E-state index contributed by atoms with van der Waals surface area (Å²) in [6.45, 7) is 6.76. The molecular formula is C14H23N3O3. The predicted molar refractivity (Wildman–Crippen MR) is 73.1 cm³/mol. The van der Waals surface area contributed by atoms with Crippen LogP contribution in [-0.2, 0) is 17.8 Å². The Hall–Kier alpha value is -1.43. The molecule has 112 valence electrons. The molecule has 1 aliphatic rings. The van der Waals surface area contributed by atoms with Gasteiger partial charge in [-0.05, 0) is 37.8 Å². The van der Waals surface area contributed by atoms with Gasteiger partial charge < -0.3 is 9.63 Å². The van der Waals surface area contributed by atoms with Crippen molar-refractivity contribution in [3.8, 4) is 0 Å². The van der Waals surface area contributed by atoms with Crippen LogP contribution in [0.1, 0.15) is 44.8 Å². The second-order valence-corrected chi connectivity index (χ2v) is 6.02. The van der Waals surface area contributed by atoms with E-state index in [9.17, 15) is 4.79 Å². The molecule has 1 saturated heterocycles. The normalized spacial score (nSPS) is 17.8. The number of carboxylic acid groups (broad SMARTS) is 1. The van der Waals surface area contributed by atoms with Crippen molar-refractivity contribution in [1.82, 2.24) is 15.0 Å². The molecule has 0 unspecified atom stereocenters. The van der Waals surface area contributed by atoms with E-state index >= 15 is 0 Å². The summed E-state index contributed by atoms with van der Waals surface area (Å²) in [5, 5.41) is 12.8. The highest BCUT2D eigenvalue weighted by Crippen LogP contribution is 2.21. The molecule has 20 heavy (non-hydrogen) atoms. The smallest absolute Gasteiger partial charge is 0.303 e. The highest BCUT2D eigenvalue weighted by Gasteiger charge is 2.22. The van der Waals surface area contributed by atoms with E-state index in [0.29, 0.717) is 24.3 Å². The lowest BCUT2D eigenvalue weighted by Gasteiger charge is -2.30. The van der Waals surface area contributed by atoms with Crippen LogP contribution in [0.4, 0.5) is 0 Å². The standard InChI is InChI=1S/C14H23N3O3/c1-10(2)7-13-15-12(16-20-13)9-17-5-3-11(4-6-17)8-14(18)19/h10-11H,3-9H2,1-2H3,(H,18,19). The lowest BCUT2D eigenvalue weighted by molar-refractivity contribution is -0.138. The maximum absolute atomic E-state index is 10.7. The van der Waals surface area contributed by atoms with E-state index in [4.69, 9.17) is 9.63 Å². The Morgan fingerprint density at radius 3 is 2.75 bits per heavy atom. The van der Waals surface area contributed by atoms with E-state index in [1.54, 1.807) is 0 Å². The van der Waals surface area contributed by atoms with Crippen LogP contribution in [0.3, 0.4) is 0 Å². The summed E-state index contributed by atoms with van der Waals surface area (Å²) in [5.74, 6) is 1.56. The SMILES string of the molecule is CC(C)Cc1nc(CN2CCC(CC(=O)O)CC2)no1. The Balaban J connectivity index is 1.77. The zero-order valence-electron chi connectivity index (χ0n) is 12.2. The summed E-state index contributed by atoms with van der Waals surface area (Å²) in [4.78, 5) is 17.3. The van der Waals surface area contributed by atoms with Gasteiger partial charge in [0.25, 0.3) is 0 Å².